The lowest BCUT2D eigenvalue weighted by Crippen LogP contribution is -2.53. The minimum atomic E-state index is -4.78. The number of carboxylic acid groups (broad SMARTS) is 1. The zero-order chi connectivity index (χ0) is 38.9. The normalized spacial score (nSPS) is 26.3. The van der Waals surface area contributed by atoms with Crippen LogP contribution < -0.4 is 10.2 Å². The number of rotatable bonds is 9. The summed E-state index contributed by atoms with van der Waals surface area (Å²) in [6, 6.07) is 11.5. The van der Waals surface area contributed by atoms with Gasteiger partial charge >= 0.3 is 12.1 Å². The molecule has 0 bridgehead atoms. The Labute approximate surface area is 315 Å². The number of alkyl halides is 3. The van der Waals surface area contributed by atoms with Gasteiger partial charge in [-0.1, -0.05) is 59.1 Å². The van der Waals surface area contributed by atoms with E-state index in [2.05, 4.69) is 10.4 Å². The highest BCUT2D eigenvalue weighted by atomic mass is 35.5. The van der Waals surface area contributed by atoms with Crippen LogP contribution in [-0.2, 0) is 35.6 Å². The number of halogens is 5. The van der Waals surface area contributed by atoms with Crippen LogP contribution in [0, 0.1) is 23.7 Å². The topological polar surface area (TPSA) is 166 Å². The lowest BCUT2D eigenvalue weighted by atomic mass is 9.49. The second-order valence-corrected chi connectivity index (χ2v) is 14.4. The average Bonchev–Trinajstić information content (AvgIpc) is 3.49. The first-order valence-electron chi connectivity index (χ1n) is 17.0. The number of carboxylic acids is 1. The van der Waals surface area contributed by atoms with E-state index in [1.165, 1.54) is 18.2 Å². The maximum atomic E-state index is 15.3. The number of likely N-dealkylation sites (tertiary alicyclic amines) is 1. The number of benzene rings is 2. The summed E-state index contributed by atoms with van der Waals surface area (Å²) in [5.74, 6) is -9.96. The molecule has 0 spiro atoms. The van der Waals surface area contributed by atoms with Crippen molar-refractivity contribution in [3.63, 3.8) is 0 Å². The highest BCUT2D eigenvalue weighted by molar-refractivity contribution is 6.33. The molecule has 54 heavy (non-hydrogen) atoms. The molecule has 4 aliphatic rings. The number of carbonyl (C=O) groups excluding carboxylic acids is 4. The van der Waals surface area contributed by atoms with Crippen LogP contribution in [0.3, 0.4) is 0 Å². The Morgan fingerprint density at radius 2 is 1.78 bits per heavy atom. The second-order valence-electron chi connectivity index (χ2n) is 13.5. The zero-order valence-electron chi connectivity index (χ0n) is 28.3. The number of para-hydroxylation sites is 1. The first-order valence-corrected chi connectivity index (χ1v) is 17.7. The molecule has 2 aromatic carbocycles. The number of hydrogen-bond acceptors (Lipinski definition) is 9. The van der Waals surface area contributed by atoms with Crippen LogP contribution in [0.1, 0.15) is 48.8 Å². The standard InChI is InChI=1S/C37H31Cl2F3N4O8/c1-2-54-26-5-3-4-22(30(26)49)29-20-10-11-21-28(34(52)45(32(21)50)13-12-27(47)48)23(20)15-24-33(51)46(35(53)36(24,29)17-6-8-19(38)9-7-17)44-31-25(39)14-18(16-43-31)37(40,41)42/h3-10,14,16,21,23-24,28-29,49H,2,11-13,15H2,1H3,(H,43,44)(H,47,48)/t21-,23+,24-,28-,29+,36+/m0/s1. The smallest absolute Gasteiger partial charge is 0.417 e. The summed E-state index contributed by atoms with van der Waals surface area (Å²) in [5.41, 5.74) is 0.475. The van der Waals surface area contributed by atoms with Gasteiger partial charge in [0.2, 0.25) is 11.8 Å². The molecule has 2 saturated heterocycles. The Bertz CT molecular complexity index is 2130. The summed E-state index contributed by atoms with van der Waals surface area (Å²) < 4.78 is 46.0. The van der Waals surface area contributed by atoms with Gasteiger partial charge in [-0.3, -0.25) is 34.3 Å². The zero-order valence-corrected chi connectivity index (χ0v) is 29.8. The van der Waals surface area contributed by atoms with Crippen LogP contribution in [0.25, 0.3) is 0 Å². The molecule has 12 nitrogen and oxygen atoms in total. The summed E-state index contributed by atoms with van der Waals surface area (Å²) >= 11 is 12.5. The number of fused-ring (bicyclic) bond motifs is 4. The molecule has 1 aromatic heterocycles. The van der Waals surface area contributed by atoms with E-state index >= 15 is 4.79 Å². The van der Waals surface area contributed by atoms with Crippen LogP contribution in [0.5, 0.6) is 11.5 Å². The lowest BCUT2D eigenvalue weighted by molar-refractivity contribution is -0.143. The van der Waals surface area contributed by atoms with Gasteiger partial charge in [0.25, 0.3) is 11.8 Å². The number of nitrogens with zero attached hydrogens (tertiary/aromatic N) is 3. The molecule has 0 radical (unpaired) electrons. The number of hydrazine groups is 1. The molecular formula is C37H31Cl2F3N4O8. The van der Waals surface area contributed by atoms with Gasteiger partial charge in [-0.25, -0.2) is 4.98 Å². The molecule has 6 atom stereocenters. The molecule has 1 saturated carbocycles. The maximum absolute atomic E-state index is 15.3. The van der Waals surface area contributed by atoms with Gasteiger partial charge in [-0.2, -0.15) is 18.2 Å². The van der Waals surface area contributed by atoms with Crippen molar-refractivity contribution in [2.24, 2.45) is 23.7 Å². The van der Waals surface area contributed by atoms with Crippen molar-refractivity contribution in [2.45, 2.75) is 43.7 Å². The fraction of sp³-hybridized carbons (Fsp3) is 0.351. The van der Waals surface area contributed by atoms with E-state index in [1.807, 2.05) is 0 Å². The van der Waals surface area contributed by atoms with Crippen LogP contribution in [-0.4, -0.2) is 67.9 Å². The number of carbonyl (C=O) groups is 5. The monoisotopic (exact) mass is 786 g/mol. The van der Waals surface area contributed by atoms with Crippen molar-refractivity contribution in [1.82, 2.24) is 14.9 Å². The van der Waals surface area contributed by atoms with E-state index in [9.17, 15) is 42.6 Å². The first-order chi connectivity index (χ1) is 25.6. The molecule has 3 fully saturated rings. The molecule has 4 amide bonds. The molecule has 2 aliphatic heterocycles. The van der Waals surface area contributed by atoms with Crippen LogP contribution in [0.2, 0.25) is 10.0 Å². The van der Waals surface area contributed by atoms with E-state index in [4.69, 9.17) is 27.9 Å². The number of hydrogen-bond donors (Lipinski definition) is 3. The molecule has 282 valence electrons. The summed E-state index contributed by atoms with van der Waals surface area (Å²) in [6.07, 6.45) is -3.12. The quantitative estimate of drug-likeness (QED) is 0.174. The van der Waals surface area contributed by atoms with E-state index < -0.39 is 93.6 Å². The summed E-state index contributed by atoms with van der Waals surface area (Å²) in [7, 11) is 0. The fourth-order valence-electron chi connectivity index (χ4n) is 8.66. The SMILES string of the molecule is CCOc1cccc([C@H]2C3=CC[C@@H]4C(=O)N(CCC(=O)O)C(=O)[C@@H]4[C@@H]3C[C@H]3C(=O)N(Nc4ncc(C(F)(F)F)cc4Cl)C(=O)[C@@]23c2ccc(Cl)cc2)c1O. The molecule has 3 aromatic rings. The molecule has 7 rings (SSSR count). The van der Waals surface area contributed by atoms with Gasteiger partial charge in [0.05, 0.1) is 46.8 Å². The third-order valence-electron chi connectivity index (χ3n) is 10.8. The number of imide groups is 2. The van der Waals surface area contributed by atoms with Crippen molar-refractivity contribution >= 4 is 58.6 Å². The third kappa shape index (κ3) is 5.75. The number of nitrogens with one attached hydrogen (secondary N) is 1. The summed E-state index contributed by atoms with van der Waals surface area (Å²) in [6.45, 7) is 1.52. The van der Waals surface area contributed by atoms with Crippen molar-refractivity contribution in [3.8, 4) is 11.5 Å². The van der Waals surface area contributed by atoms with E-state index in [0.717, 1.165) is 4.90 Å². The molecular weight excluding hydrogens is 756 g/mol. The van der Waals surface area contributed by atoms with Gasteiger partial charge < -0.3 is 14.9 Å². The number of anilines is 1. The predicted octanol–water partition coefficient (Wildman–Crippen LogP) is 5.97. The highest BCUT2D eigenvalue weighted by Crippen LogP contribution is 2.65. The molecule has 3 N–H and O–H groups in total. The van der Waals surface area contributed by atoms with Crippen molar-refractivity contribution in [2.75, 3.05) is 18.6 Å². The number of aliphatic carboxylic acids is 1. The number of aromatic nitrogens is 1. The summed E-state index contributed by atoms with van der Waals surface area (Å²) in [5, 5.41) is 21.5. The van der Waals surface area contributed by atoms with Gasteiger partial charge in [0, 0.05) is 29.2 Å². The number of aromatic hydroxyl groups is 1. The summed E-state index contributed by atoms with van der Waals surface area (Å²) in [4.78, 5) is 73.7. The highest BCUT2D eigenvalue weighted by Gasteiger charge is 2.70. The van der Waals surface area contributed by atoms with Crippen molar-refractivity contribution in [1.29, 1.82) is 0 Å². The number of amides is 4. The minimum absolute atomic E-state index is 0.0452. The van der Waals surface area contributed by atoms with Gasteiger partial charge in [0.1, 0.15) is 0 Å². The largest absolute Gasteiger partial charge is 0.504 e. The van der Waals surface area contributed by atoms with E-state index in [-0.39, 0.29) is 43.1 Å². The number of pyridine rings is 1. The number of phenolic OH excluding ortho intramolecular Hbond substituents is 1. The molecule has 0 unspecified atom stereocenters. The van der Waals surface area contributed by atoms with Crippen molar-refractivity contribution < 1.29 is 52.1 Å². The Hall–Kier alpha value is -5.15. The molecule has 17 heteroatoms. The van der Waals surface area contributed by atoms with E-state index in [1.54, 1.807) is 37.3 Å². The van der Waals surface area contributed by atoms with Crippen LogP contribution in [0.15, 0.2) is 66.4 Å². The third-order valence-corrected chi connectivity index (χ3v) is 11.4. The average molecular weight is 788 g/mol. The number of phenols is 1. The number of allylic oxidation sites excluding steroid dienone is 2. The fourth-order valence-corrected chi connectivity index (χ4v) is 9.00. The first kappa shape index (κ1) is 37.2. The predicted molar refractivity (Wildman–Crippen MR) is 185 cm³/mol. The minimum Gasteiger partial charge on any atom is -0.504 e. The Balaban J connectivity index is 1.43. The van der Waals surface area contributed by atoms with Gasteiger partial charge in [0.15, 0.2) is 17.3 Å². The van der Waals surface area contributed by atoms with Gasteiger partial charge in [-0.05, 0) is 55.5 Å². The van der Waals surface area contributed by atoms with Crippen molar-refractivity contribution in [3.05, 3.63) is 93.1 Å². The Morgan fingerprint density at radius 3 is 2.43 bits per heavy atom. The maximum Gasteiger partial charge on any atom is 0.417 e. The second kappa shape index (κ2) is 13.6. The van der Waals surface area contributed by atoms with Crippen LogP contribution >= 0.6 is 23.2 Å². The van der Waals surface area contributed by atoms with E-state index in [0.29, 0.717) is 33.4 Å². The molecule has 2 aliphatic carbocycles. The number of ether oxygens (including phenoxy) is 1. The Morgan fingerprint density at radius 1 is 1.06 bits per heavy atom. The lowest BCUT2D eigenvalue weighted by Gasteiger charge is -2.50. The molecule has 3 heterocycles. The van der Waals surface area contributed by atoms with Crippen LogP contribution in [0.4, 0.5) is 19.0 Å². The van der Waals surface area contributed by atoms with Gasteiger partial charge in [-0.15, -0.1) is 0 Å². The Kier molecular flexibility index (Phi) is 9.37.